The van der Waals surface area contributed by atoms with E-state index in [0.29, 0.717) is 6.42 Å². The third-order valence-electron chi connectivity index (χ3n) is 5.41. The van der Waals surface area contributed by atoms with E-state index in [1.165, 1.54) is 6.42 Å². The summed E-state index contributed by atoms with van der Waals surface area (Å²) in [6.07, 6.45) is 6.63. The quantitative estimate of drug-likeness (QED) is 0.800. The van der Waals surface area contributed by atoms with Crippen molar-refractivity contribution in [3.63, 3.8) is 0 Å². The second-order valence-electron chi connectivity index (χ2n) is 7.50. The lowest BCUT2D eigenvalue weighted by molar-refractivity contribution is -0.100. The molecule has 2 atom stereocenters. The van der Waals surface area contributed by atoms with Gasteiger partial charge in [0.15, 0.2) is 0 Å². The minimum Gasteiger partial charge on any atom is -0.496 e. The highest BCUT2D eigenvalue weighted by Crippen LogP contribution is 2.49. The maximum atomic E-state index is 11.4. The summed E-state index contributed by atoms with van der Waals surface area (Å²) in [6.45, 7) is 10.5. The number of methoxy groups -OCH3 is 1. The van der Waals surface area contributed by atoms with Gasteiger partial charge in [-0.2, -0.15) is 0 Å². The summed E-state index contributed by atoms with van der Waals surface area (Å²) in [7, 11) is 1.70. The summed E-state index contributed by atoms with van der Waals surface area (Å²) in [5.41, 5.74) is 1.77. The molecule has 1 fully saturated rings. The lowest BCUT2D eigenvalue weighted by atomic mass is 9.59. The van der Waals surface area contributed by atoms with Crippen LogP contribution in [0.3, 0.4) is 0 Å². The SMILES string of the molecule is C=CC[C@H]1C(C)(C)CCC[C@]1(O)Cc1ccc(C)c(OC)c1. The van der Waals surface area contributed by atoms with Gasteiger partial charge in [-0.05, 0) is 54.7 Å². The molecule has 0 bridgehead atoms. The van der Waals surface area contributed by atoms with Crippen molar-refractivity contribution in [1.82, 2.24) is 0 Å². The first-order valence-corrected chi connectivity index (χ1v) is 8.29. The van der Waals surface area contributed by atoms with Crippen LogP contribution in [-0.4, -0.2) is 17.8 Å². The Balaban J connectivity index is 2.29. The number of aliphatic hydroxyl groups is 1. The largest absolute Gasteiger partial charge is 0.496 e. The van der Waals surface area contributed by atoms with Crippen molar-refractivity contribution >= 4 is 0 Å². The van der Waals surface area contributed by atoms with Crippen LogP contribution in [0.15, 0.2) is 30.9 Å². The van der Waals surface area contributed by atoms with Crippen molar-refractivity contribution in [3.05, 3.63) is 42.0 Å². The number of allylic oxidation sites excluding steroid dienone is 1. The fraction of sp³-hybridized carbons (Fsp3) is 0.600. The molecular formula is C20H30O2. The number of hydrogen-bond acceptors (Lipinski definition) is 2. The van der Waals surface area contributed by atoms with Gasteiger partial charge in [0.1, 0.15) is 5.75 Å². The van der Waals surface area contributed by atoms with Gasteiger partial charge in [0.2, 0.25) is 0 Å². The van der Waals surface area contributed by atoms with E-state index in [-0.39, 0.29) is 11.3 Å². The van der Waals surface area contributed by atoms with E-state index < -0.39 is 5.60 Å². The second-order valence-corrected chi connectivity index (χ2v) is 7.50. The molecule has 0 aliphatic heterocycles. The molecule has 0 radical (unpaired) electrons. The van der Waals surface area contributed by atoms with Gasteiger partial charge >= 0.3 is 0 Å². The summed E-state index contributed by atoms with van der Waals surface area (Å²) < 4.78 is 5.43. The molecule has 0 heterocycles. The Morgan fingerprint density at radius 2 is 2.09 bits per heavy atom. The lowest BCUT2D eigenvalue weighted by Crippen LogP contribution is -2.50. The van der Waals surface area contributed by atoms with Crippen molar-refractivity contribution in [1.29, 1.82) is 0 Å². The van der Waals surface area contributed by atoms with Crippen LogP contribution in [-0.2, 0) is 6.42 Å². The van der Waals surface area contributed by atoms with E-state index in [2.05, 4.69) is 38.6 Å². The van der Waals surface area contributed by atoms with E-state index >= 15 is 0 Å². The van der Waals surface area contributed by atoms with Crippen LogP contribution >= 0.6 is 0 Å². The minimum absolute atomic E-state index is 0.149. The molecule has 0 aromatic heterocycles. The highest BCUT2D eigenvalue weighted by molar-refractivity contribution is 5.37. The van der Waals surface area contributed by atoms with E-state index in [1.807, 2.05) is 13.0 Å². The van der Waals surface area contributed by atoms with Crippen LogP contribution in [0.25, 0.3) is 0 Å². The zero-order valence-electron chi connectivity index (χ0n) is 14.5. The van der Waals surface area contributed by atoms with Crippen molar-refractivity contribution in [2.45, 2.75) is 58.5 Å². The number of hydrogen-bond donors (Lipinski definition) is 1. The van der Waals surface area contributed by atoms with Crippen molar-refractivity contribution in [2.24, 2.45) is 11.3 Å². The third kappa shape index (κ3) is 3.38. The zero-order valence-corrected chi connectivity index (χ0v) is 14.5. The summed E-state index contributed by atoms with van der Waals surface area (Å²) in [4.78, 5) is 0. The van der Waals surface area contributed by atoms with Gasteiger partial charge in [-0.15, -0.1) is 6.58 Å². The van der Waals surface area contributed by atoms with Crippen LogP contribution in [0.2, 0.25) is 0 Å². The lowest BCUT2D eigenvalue weighted by Gasteiger charge is -2.49. The maximum Gasteiger partial charge on any atom is 0.122 e. The highest BCUT2D eigenvalue weighted by Gasteiger charge is 2.47. The molecule has 1 aromatic carbocycles. The molecule has 1 saturated carbocycles. The highest BCUT2D eigenvalue weighted by atomic mass is 16.5. The fourth-order valence-electron chi connectivity index (χ4n) is 4.17. The Morgan fingerprint density at radius 1 is 1.36 bits per heavy atom. The number of rotatable bonds is 5. The summed E-state index contributed by atoms with van der Waals surface area (Å²) >= 11 is 0. The molecule has 1 aliphatic rings. The molecule has 1 N–H and O–H groups in total. The molecule has 0 unspecified atom stereocenters. The van der Waals surface area contributed by atoms with Gasteiger partial charge in [0, 0.05) is 6.42 Å². The van der Waals surface area contributed by atoms with Crippen LogP contribution in [0.5, 0.6) is 5.75 Å². The van der Waals surface area contributed by atoms with Gasteiger partial charge in [-0.3, -0.25) is 0 Å². The minimum atomic E-state index is -0.657. The van der Waals surface area contributed by atoms with Gasteiger partial charge in [0.25, 0.3) is 0 Å². The van der Waals surface area contributed by atoms with Crippen LogP contribution in [0, 0.1) is 18.3 Å². The molecule has 122 valence electrons. The van der Waals surface area contributed by atoms with Gasteiger partial charge in [-0.25, -0.2) is 0 Å². The Morgan fingerprint density at radius 3 is 2.73 bits per heavy atom. The second kappa shape index (κ2) is 6.45. The number of ether oxygens (including phenoxy) is 1. The standard InChI is InChI=1S/C20H30O2/c1-6-8-18-19(3,4)11-7-12-20(18,21)14-16-10-9-15(2)17(13-16)22-5/h6,9-10,13,18,21H,1,7-8,11-12,14H2,2-5H3/t18-,20-/m0/s1. The Labute approximate surface area is 135 Å². The van der Waals surface area contributed by atoms with Gasteiger partial charge in [-0.1, -0.05) is 38.5 Å². The van der Waals surface area contributed by atoms with Crippen LogP contribution in [0.1, 0.15) is 50.7 Å². The third-order valence-corrected chi connectivity index (χ3v) is 5.41. The first-order valence-electron chi connectivity index (χ1n) is 8.29. The van der Waals surface area contributed by atoms with Crippen molar-refractivity contribution in [2.75, 3.05) is 7.11 Å². The molecular weight excluding hydrogens is 272 g/mol. The molecule has 1 aromatic rings. The molecule has 0 saturated heterocycles. The van der Waals surface area contributed by atoms with Gasteiger partial charge in [0.05, 0.1) is 12.7 Å². The molecule has 2 heteroatoms. The van der Waals surface area contributed by atoms with E-state index in [4.69, 9.17) is 4.74 Å². The first-order chi connectivity index (χ1) is 10.3. The van der Waals surface area contributed by atoms with Crippen LogP contribution < -0.4 is 4.74 Å². The predicted molar refractivity (Wildman–Crippen MR) is 92.3 cm³/mol. The normalized spacial score (nSPS) is 27.4. The number of aryl methyl sites for hydroxylation is 1. The van der Waals surface area contributed by atoms with Gasteiger partial charge < -0.3 is 9.84 Å². The average molecular weight is 302 g/mol. The summed E-state index contributed by atoms with van der Waals surface area (Å²) in [5, 5.41) is 11.4. The predicted octanol–water partition coefficient (Wildman–Crippen LogP) is 4.68. The van der Waals surface area contributed by atoms with Crippen molar-refractivity contribution < 1.29 is 9.84 Å². The Hall–Kier alpha value is -1.28. The maximum absolute atomic E-state index is 11.4. The Kier molecular flexibility index (Phi) is 5.01. The summed E-state index contributed by atoms with van der Waals surface area (Å²) in [6, 6.07) is 6.26. The van der Waals surface area contributed by atoms with E-state index in [9.17, 15) is 5.11 Å². The van der Waals surface area contributed by atoms with Crippen molar-refractivity contribution in [3.8, 4) is 5.75 Å². The molecule has 0 amide bonds. The molecule has 1 aliphatic carbocycles. The van der Waals surface area contributed by atoms with E-state index in [0.717, 1.165) is 36.1 Å². The molecule has 2 nitrogen and oxygen atoms in total. The van der Waals surface area contributed by atoms with E-state index in [1.54, 1.807) is 7.11 Å². The monoisotopic (exact) mass is 302 g/mol. The molecule has 22 heavy (non-hydrogen) atoms. The number of benzene rings is 1. The Bertz CT molecular complexity index is 533. The summed E-state index contributed by atoms with van der Waals surface area (Å²) in [5.74, 6) is 1.15. The molecule has 2 rings (SSSR count). The fourth-order valence-corrected chi connectivity index (χ4v) is 4.17. The molecule has 0 spiro atoms. The average Bonchev–Trinajstić information content (AvgIpc) is 2.45. The zero-order chi connectivity index (χ0) is 16.4. The van der Waals surface area contributed by atoms with Crippen LogP contribution in [0.4, 0.5) is 0 Å². The first kappa shape index (κ1) is 17.1. The topological polar surface area (TPSA) is 29.5 Å². The smallest absolute Gasteiger partial charge is 0.122 e.